The molecule has 0 saturated carbocycles. The third kappa shape index (κ3) is 4.03. The topological polar surface area (TPSA) is 63.9 Å². The molecule has 1 aliphatic rings. The second-order valence-corrected chi connectivity index (χ2v) is 6.42. The zero-order valence-electron chi connectivity index (χ0n) is 15.3. The number of anilines is 2. The molecule has 1 saturated heterocycles. The molecule has 0 bridgehead atoms. The van der Waals surface area contributed by atoms with Gasteiger partial charge in [0, 0.05) is 18.8 Å². The van der Waals surface area contributed by atoms with Crippen LogP contribution in [0.15, 0.2) is 55.2 Å². The van der Waals surface area contributed by atoms with Crippen LogP contribution in [0.25, 0.3) is 5.65 Å². The first-order valence-electron chi connectivity index (χ1n) is 9.10. The number of nitrogens with zero attached hydrogens (tertiary/aromatic N) is 4. The van der Waals surface area contributed by atoms with Crippen LogP contribution in [-0.2, 0) is 0 Å². The van der Waals surface area contributed by atoms with E-state index in [1.54, 1.807) is 25.8 Å². The molecule has 0 atom stereocenters. The summed E-state index contributed by atoms with van der Waals surface area (Å²) in [5, 5.41) is 3.28. The first-order chi connectivity index (χ1) is 13.3. The summed E-state index contributed by atoms with van der Waals surface area (Å²) < 4.78 is 13.1. The van der Waals surface area contributed by atoms with Crippen molar-refractivity contribution in [2.45, 2.75) is 12.8 Å². The van der Waals surface area contributed by atoms with E-state index in [-0.39, 0.29) is 0 Å². The van der Waals surface area contributed by atoms with Crippen LogP contribution < -0.4 is 14.8 Å². The number of fused-ring (bicyclic) bond motifs is 1. The molecule has 1 fully saturated rings. The maximum Gasteiger partial charge on any atom is 0.179 e. The van der Waals surface area contributed by atoms with Gasteiger partial charge in [-0.3, -0.25) is 9.30 Å². The van der Waals surface area contributed by atoms with E-state index >= 15 is 0 Å². The van der Waals surface area contributed by atoms with E-state index in [0.717, 1.165) is 31.1 Å². The van der Waals surface area contributed by atoms with Gasteiger partial charge in [-0.25, -0.2) is 9.97 Å². The predicted molar refractivity (Wildman–Crippen MR) is 105 cm³/mol. The SMILES string of the molecule is COc1cnc(Nc2cnc3ccccn23)cc1O/C=C/CN1CCCC1. The minimum Gasteiger partial charge on any atom is -0.491 e. The minimum absolute atomic E-state index is 0.588. The quantitative estimate of drug-likeness (QED) is 0.647. The highest BCUT2D eigenvalue weighted by Gasteiger charge is 2.10. The molecule has 0 radical (unpaired) electrons. The Labute approximate surface area is 158 Å². The number of hydrogen-bond donors (Lipinski definition) is 1. The lowest BCUT2D eigenvalue weighted by molar-refractivity contribution is 0.363. The lowest BCUT2D eigenvalue weighted by Gasteiger charge is -2.12. The largest absolute Gasteiger partial charge is 0.491 e. The van der Waals surface area contributed by atoms with Crippen molar-refractivity contribution in [2.75, 3.05) is 32.1 Å². The standard InChI is InChI=1S/C20H23N5O2/c1-26-17-14-21-18(23-20-15-22-19-7-2-3-11-25(19)20)13-16(17)27-12-6-10-24-8-4-5-9-24/h2-3,6-7,11-15H,4-5,8-10H2,1H3,(H,21,23)/b12-6+. The van der Waals surface area contributed by atoms with Gasteiger partial charge in [-0.2, -0.15) is 0 Å². The van der Waals surface area contributed by atoms with Crippen LogP contribution in [0.3, 0.4) is 0 Å². The Hall–Kier alpha value is -3.06. The maximum atomic E-state index is 5.80. The molecule has 7 heteroatoms. The Morgan fingerprint density at radius 1 is 1.15 bits per heavy atom. The van der Waals surface area contributed by atoms with Crippen molar-refractivity contribution in [1.29, 1.82) is 0 Å². The Bertz CT molecular complexity index is 931. The molecule has 0 unspecified atom stereocenters. The van der Waals surface area contributed by atoms with E-state index in [1.807, 2.05) is 40.9 Å². The number of imidazole rings is 1. The third-order valence-electron chi connectivity index (χ3n) is 4.58. The fourth-order valence-corrected chi connectivity index (χ4v) is 3.17. The van der Waals surface area contributed by atoms with E-state index in [2.05, 4.69) is 20.2 Å². The summed E-state index contributed by atoms with van der Waals surface area (Å²) in [6.07, 6.45) is 11.7. The molecule has 0 amide bonds. The lowest BCUT2D eigenvalue weighted by Crippen LogP contribution is -2.18. The van der Waals surface area contributed by atoms with Crippen LogP contribution in [0, 0.1) is 0 Å². The fourth-order valence-electron chi connectivity index (χ4n) is 3.17. The summed E-state index contributed by atoms with van der Waals surface area (Å²) in [5.74, 6) is 2.69. The van der Waals surface area contributed by atoms with Gasteiger partial charge >= 0.3 is 0 Å². The molecular formula is C20H23N5O2. The maximum absolute atomic E-state index is 5.80. The summed E-state index contributed by atoms with van der Waals surface area (Å²) in [4.78, 5) is 11.2. The molecule has 1 N–H and O–H groups in total. The number of ether oxygens (including phenoxy) is 2. The average Bonchev–Trinajstić information content (AvgIpc) is 3.36. The fraction of sp³-hybridized carbons (Fsp3) is 0.300. The van der Waals surface area contributed by atoms with E-state index < -0.39 is 0 Å². The van der Waals surface area contributed by atoms with Gasteiger partial charge in [0.05, 0.1) is 25.8 Å². The number of aromatic nitrogens is 3. The Morgan fingerprint density at radius 2 is 2.04 bits per heavy atom. The molecule has 0 aromatic carbocycles. The molecule has 4 heterocycles. The second-order valence-electron chi connectivity index (χ2n) is 6.42. The summed E-state index contributed by atoms with van der Waals surface area (Å²) in [7, 11) is 1.61. The zero-order valence-corrected chi connectivity index (χ0v) is 15.3. The number of hydrogen-bond acceptors (Lipinski definition) is 6. The van der Waals surface area contributed by atoms with Gasteiger partial charge in [0.1, 0.15) is 17.3 Å². The Morgan fingerprint density at radius 3 is 2.89 bits per heavy atom. The van der Waals surface area contributed by atoms with Gasteiger partial charge in [0.25, 0.3) is 0 Å². The van der Waals surface area contributed by atoms with Gasteiger partial charge in [0.2, 0.25) is 0 Å². The van der Waals surface area contributed by atoms with E-state index in [4.69, 9.17) is 9.47 Å². The molecular weight excluding hydrogens is 342 g/mol. The molecule has 1 aliphatic heterocycles. The van der Waals surface area contributed by atoms with Crippen molar-refractivity contribution in [1.82, 2.24) is 19.3 Å². The van der Waals surface area contributed by atoms with Crippen molar-refractivity contribution >= 4 is 17.3 Å². The summed E-state index contributed by atoms with van der Waals surface area (Å²) in [5.41, 5.74) is 0.870. The third-order valence-corrected chi connectivity index (χ3v) is 4.58. The molecule has 4 rings (SSSR count). The predicted octanol–water partition coefficient (Wildman–Crippen LogP) is 3.47. The van der Waals surface area contributed by atoms with Crippen LogP contribution in [-0.4, -0.2) is 46.0 Å². The van der Waals surface area contributed by atoms with Crippen molar-refractivity contribution < 1.29 is 9.47 Å². The highest BCUT2D eigenvalue weighted by atomic mass is 16.5. The van der Waals surface area contributed by atoms with Crippen LogP contribution in [0.1, 0.15) is 12.8 Å². The van der Waals surface area contributed by atoms with E-state index in [9.17, 15) is 0 Å². The second kappa shape index (κ2) is 8.09. The monoisotopic (exact) mass is 365 g/mol. The number of rotatable bonds is 7. The molecule has 3 aromatic heterocycles. The molecule has 140 valence electrons. The van der Waals surface area contributed by atoms with Crippen molar-refractivity contribution in [3.05, 3.63) is 55.2 Å². The van der Waals surface area contributed by atoms with Gasteiger partial charge in [-0.05, 0) is 44.1 Å². The normalized spacial score (nSPS) is 14.9. The first-order valence-corrected chi connectivity index (χ1v) is 9.10. The van der Waals surface area contributed by atoms with Gasteiger partial charge in [-0.1, -0.05) is 6.07 Å². The van der Waals surface area contributed by atoms with Crippen LogP contribution in [0.2, 0.25) is 0 Å². The van der Waals surface area contributed by atoms with Crippen LogP contribution >= 0.6 is 0 Å². The molecule has 0 spiro atoms. The van der Waals surface area contributed by atoms with Gasteiger partial charge < -0.3 is 14.8 Å². The smallest absolute Gasteiger partial charge is 0.179 e. The number of nitrogens with one attached hydrogen (secondary N) is 1. The van der Waals surface area contributed by atoms with Crippen molar-refractivity contribution in [3.63, 3.8) is 0 Å². The molecule has 7 nitrogen and oxygen atoms in total. The summed E-state index contributed by atoms with van der Waals surface area (Å²) >= 11 is 0. The zero-order chi connectivity index (χ0) is 18.5. The molecule has 3 aromatic rings. The summed E-state index contributed by atoms with van der Waals surface area (Å²) in [6, 6.07) is 7.69. The Balaban J connectivity index is 1.47. The molecule has 27 heavy (non-hydrogen) atoms. The average molecular weight is 365 g/mol. The van der Waals surface area contributed by atoms with E-state index in [1.165, 1.54) is 12.8 Å². The van der Waals surface area contributed by atoms with Crippen LogP contribution in [0.5, 0.6) is 11.5 Å². The van der Waals surface area contributed by atoms with Gasteiger partial charge in [-0.15, -0.1) is 0 Å². The summed E-state index contributed by atoms with van der Waals surface area (Å²) in [6.45, 7) is 3.23. The van der Waals surface area contributed by atoms with Crippen LogP contribution in [0.4, 0.5) is 11.6 Å². The molecule has 0 aliphatic carbocycles. The number of likely N-dealkylation sites (tertiary alicyclic amines) is 1. The number of pyridine rings is 2. The minimum atomic E-state index is 0.588. The van der Waals surface area contributed by atoms with E-state index in [0.29, 0.717) is 17.3 Å². The van der Waals surface area contributed by atoms with Crippen molar-refractivity contribution in [2.24, 2.45) is 0 Å². The van der Waals surface area contributed by atoms with Gasteiger partial charge in [0.15, 0.2) is 11.5 Å². The van der Waals surface area contributed by atoms with Crippen molar-refractivity contribution in [3.8, 4) is 11.5 Å². The Kier molecular flexibility index (Phi) is 5.20. The first kappa shape index (κ1) is 17.4. The lowest BCUT2D eigenvalue weighted by atomic mass is 10.4. The number of methoxy groups -OCH3 is 1. The highest BCUT2D eigenvalue weighted by Crippen LogP contribution is 2.30. The highest BCUT2D eigenvalue weighted by molar-refractivity contribution is 5.60.